The number of nitrogens with zero attached hydrogens (tertiary/aromatic N) is 2. The molecule has 1 saturated heterocycles. The molecule has 0 aliphatic carbocycles. The molecular formula is C25H33N3O5. The fraction of sp³-hybridized carbons (Fsp3) is 0.440. The van der Waals surface area contributed by atoms with Gasteiger partial charge in [0.05, 0.1) is 7.11 Å². The lowest BCUT2D eigenvalue weighted by Gasteiger charge is -2.35. The molecule has 0 bridgehead atoms. The first kappa shape index (κ1) is 24.5. The number of anilines is 1. The number of aliphatic hydroxyl groups excluding tert-OH is 1. The SMILES string of the molecule is COc1ccc(CCC(=O)N2CCN(CC(O)COc3ccc(NC(C)=O)cc3)CC2)cc1. The fourth-order valence-corrected chi connectivity index (χ4v) is 3.76. The summed E-state index contributed by atoms with van der Waals surface area (Å²) in [5, 5.41) is 13.0. The summed E-state index contributed by atoms with van der Waals surface area (Å²) in [5.74, 6) is 1.49. The Hall–Kier alpha value is -3.10. The summed E-state index contributed by atoms with van der Waals surface area (Å²) in [5.41, 5.74) is 1.82. The summed E-state index contributed by atoms with van der Waals surface area (Å²) in [6.07, 6.45) is 0.575. The molecule has 3 rings (SSSR count). The van der Waals surface area contributed by atoms with Crippen LogP contribution >= 0.6 is 0 Å². The van der Waals surface area contributed by atoms with E-state index in [1.807, 2.05) is 29.2 Å². The average molecular weight is 456 g/mol. The molecule has 0 radical (unpaired) electrons. The molecule has 33 heavy (non-hydrogen) atoms. The van der Waals surface area contributed by atoms with Gasteiger partial charge < -0.3 is 24.8 Å². The second kappa shape index (κ2) is 12.2. The number of carbonyl (C=O) groups is 2. The molecule has 178 valence electrons. The number of hydrogen-bond donors (Lipinski definition) is 2. The predicted molar refractivity (Wildman–Crippen MR) is 127 cm³/mol. The number of β-amino-alcohol motifs (C(OH)–C–C–N with tert-alkyl or cyclic N) is 1. The van der Waals surface area contributed by atoms with Crippen LogP contribution in [-0.2, 0) is 16.0 Å². The maximum absolute atomic E-state index is 12.6. The minimum Gasteiger partial charge on any atom is -0.497 e. The molecule has 1 heterocycles. The second-order valence-electron chi connectivity index (χ2n) is 8.20. The Bertz CT molecular complexity index is 893. The average Bonchev–Trinajstić information content (AvgIpc) is 2.82. The van der Waals surface area contributed by atoms with Crippen molar-refractivity contribution in [2.45, 2.75) is 25.9 Å². The molecule has 0 aromatic heterocycles. The van der Waals surface area contributed by atoms with Crippen LogP contribution in [0.4, 0.5) is 5.69 Å². The molecule has 2 aromatic rings. The summed E-state index contributed by atoms with van der Waals surface area (Å²) in [6, 6.07) is 14.8. The Labute approximate surface area is 195 Å². The van der Waals surface area contributed by atoms with Crippen molar-refractivity contribution in [3.63, 3.8) is 0 Å². The molecule has 2 amide bonds. The van der Waals surface area contributed by atoms with Crippen LogP contribution in [0.2, 0.25) is 0 Å². The lowest BCUT2D eigenvalue weighted by atomic mass is 10.1. The molecule has 8 heteroatoms. The molecule has 1 aliphatic heterocycles. The first-order chi connectivity index (χ1) is 15.9. The monoisotopic (exact) mass is 455 g/mol. The normalized spacial score (nSPS) is 15.1. The number of aryl methyl sites for hydroxylation is 1. The Morgan fingerprint density at radius 1 is 1.00 bits per heavy atom. The predicted octanol–water partition coefficient (Wildman–Crippen LogP) is 2.17. The number of hydrogen-bond acceptors (Lipinski definition) is 6. The number of benzene rings is 2. The van der Waals surface area contributed by atoms with Crippen molar-refractivity contribution in [1.82, 2.24) is 9.80 Å². The minimum atomic E-state index is -0.627. The smallest absolute Gasteiger partial charge is 0.222 e. The minimum absolute atomic E-state index is 0.127. The number of ether oxygens (including phenoxy) is 2. The molecule has 0 saturated carbocycles. The van der Waals surface area contributed by atoms with E-state index in [-0.39, 0.29) is 18.4 Å². The van der Waals surface area contributed by atoms with Gasteiger partial charge in [0, 0.05) is 51.8 Å². The third-order valence-electron chi connectivity index (χ3n) is 5.60. The Kier molecular flexibility index (Phi) is 9.09. The van der Waals surface area contributed by atoms with E-state index in [1.54, 1.807) is 31.4 Å². The topological polar surface area (TPSA) is 91.3 Å². The molecular weight excluding hydrogens is 422 g/mol. The first-order valence-corrected chi connectivity index (χ1v) is 11.2. The maximum atomic E-state index is 12.6. The molecule has 1 fully saturated rings. The first-order valence-electron chi connectivity index (χ1n) is 11.2. The number of rotatable bonds is 10. The Morgan fingerprint density at radius 3 is 2.24 bits per heavy atom. The van der Waals surface area contributed by atoms with Crippen LogP contribution in [0.25, 0.3) is 0 Å². The highest BCUT2D eigenvalue weighted by Crippen LogP contribution is 2.16. The van der Waals surface area contributed by atoms with E-state index < -0.39 is 6.10 Å². The lowest BCUT2D eigenvalue weighted by Crippen LogP contribution is -2.51. The van der Waals surface area contributed by atoms with Crippen molar-refractivity contribution in [2.75, 3.05) is 51.8 Å². The van der Waals surface area contributed by atoms with Crippen LogP contribution in [-0.4, -0.2) is 79.3 Å². The van der Waals surface area contributed by atoms with E-state index in [1.165, 1.54) is 6.92 Å². The molecule has 8 nitrogen and oxygen atoms in total. The van der Waals surface area contributed by atoms with Crippen LogP contribution < -0.4 is 14.8 Å². The largest absolute Gasteiger partial charge is 0.497 e. The van der Waals surface area contributed by atoms with E-state index in [2.05, 4.69) is 10.2 Å². The third kappa shape index (κ3) is 8.07. The van der Waals surface area contributed by atoms with Crippen molar-refractivity contribution < 1.29 is 24.2 Å². The van der Waals surface area contributed by atoms with Crippen molar-refractivity contribution in [1.29, 1.82) is 0 Å². The highest BCUT2D eigenvalue weighted by atomic mass is 16.5. The Balaban J connectivity index is 1.33. The quantitative estimate of drug-likeness (QED) is 0.571. The van der Waals surface area contributed by atoms with Crippen molar-refractivity contribution >= 4 is 17.5 Å². The van der Waals surface area contributed by atoms with E-state index in [0.29, 0.717) is 43.9 Å². The van der Waals surface area contributed by atoms with Crippen molar-refractivity contribution in [3.05, 3.63) is 54.1 Å². The van der Waals surface area contributed by atoms with Gasteiger partial charge in [-0.1, -0.05) is 12.1 Å². The molecule has 2 N–H and O–H groups in total. The van der Waals surface area contributed by atoms with Crippen molar-refractivity contribution in [2.24, 2.45) is 0 Å². The molecule has 0 spiro atoms. The Morgan fingerprint density at radius 2 is 1.64 bits per heavy atom. The third-order valence-corrected chi connectivity index (χ3v) is 5.60. The molecule has 1 unspecified atom stereocenters. The number of piperazine rings is 1. The summed E-state index contributed by atoms with van der Waals surface area (Å²) in [6.45, 7) is 4.93. The van der Waals surface area contributed by atoms with Gasteiger partial charge in [0.25, 0.3) is 0 Å². The summed E-state index contributed by atoms with van der Waals surface area (Å²) < 4.78 is 10.8. The van der Waals surface area contributed by atoms with Gasteiger partial charge in [0.2, 0.25) is 11.8 Å². The van der Waals surface area contributed by atoms with Crippen LogP contribution in [0.3, 0.4) is 0 Å². The summed E-state index contributed by atoms with van der Waals surface area (Å²) >= 11 is 0. The lowest BCUT2D eigenvalue weighted by molar-refractivity contribution is -0.133. The second-order valence-corrected chi connectivity index (χ2v) is 8.20. The van der Waals surface area contributed by atoms with E-state index in [4.69, 9.17) is 9.47 Å². The van der Waals surface area contributed by atoms with E-state index in [9.17, 15) is 14.7 Å². The highest BCUT2D eigenvalue weighted by molar-refractivity contribution is 5.88. The van der Waals surface area contributed by atoms with Gasteiger partial charge in [-0.15, -0.1) is 0 Å². The van der Waals surface area contributed by atoms with E-state index >= 15 is 0 Å². The van der Waals surface area contributed by atoms with Crippen LogP contribution in [0.15, 0.2) is 48.5 Å². The van der Waals surface area contributed by atoms with Crippen LogP contribution in [0, 0.1) is 0 Å². The number of amides is 2. The van der Waals surface area contributed by atoms with Crippen molar-refractivity contribution in [3.8, 4) is 11.5 Å². The fourth-order valence-electron chi connectivity index (χ4n) is 3.76. The standard InChI is InChI=1S/C25H33N3O5/c1-19(29)26-21-6-10-24(11-7-21)33-18-22(30)17-27-13-15-28(16-14-27)25(31)12-5-20-3-8-23(32-2)9-4-20/h3-4,6-11,22,30H,5,12-18H2,1-2H3,(H,26,29). The molecule has 2 aromatic carbocycles. The number of carbonyl (C=O) groups excluding carboxylic acids is 2. The van der Waals surface area contributed by atoms with E-state index in [0.717, 1.165) is 24.4 Å². The van der Waals surface area contributed by atoms with Gasteiger partial charge in [-0.25, -0.2) is 0 Å². The zero-order valence-electron chi connectivity index (χ0n) is 19.3. The number of aliphatic hydroxyl groups is 1. The van der Waals surface area contributed by atoms with Crippen LogP contribution in [0.1, 0.15) is 18.9 Å². The van der Waals surface area contributed by atoms with Gasteiger partial charge in [-0.3, -0.25) is 14.5 Å². The number of methoxy groups -OCH3 is 1. The molecule has 1 aliphatic rings. The van der Waals surface area contributed by atoms with Crippen LogP contribution in [0.5, 0.6) is 11.5 Å². The zero-order chi connectivity index (χ0) is 23.6. The van der Waals surface area contributed by atoms with Gasteiger partial charge in [-0.05, 0) is 48.4 Å². The zero-order valence-corrected chi connectivity index (χ0v) is 19.3. The molecule has 1 atom stereocenters. The van der Waals surface area contributed by atoms with Gasteiger partial charge in [0.15, 0.2) is 0 Å². The van der Waals surface area contributed by atoms with Gasteiger partial charge in [-0.2, -0.15) is 0 Å². The summed E-state index contributed by atoms with van der Waals surface area (Å²) in [7, 11) is 1.64. The number of nitrogens with one attached hydrogen (secondary N) is 1. The van der Waals surface area contributed by atoms with Gasteiger partial charge >= 0.3 is 0 Å². The highest BCUT2D eigenvalue weighted by Gasteiger charge is 2.22. The maximum Gasteiger partial charge on any atom is 0.222 e. The summed E-state index contributed by atoms with van der Waals surface area (Å²) in [4.78, 5) is 27.7. The van der Waals surface area contributed by atoms with Gasteiger partial charge in [0.1, 0.15) is 24.2 Å².